The monoisotopic (exact) mass is 689 g/mol. The second-order valence-corrected chi connectivity index (χ2v) is 12.8. The highest BCUT2D eigenvalue weighted by Gasteiger charge is 2.50. The summed E-state index contributed by atoms with van der Waals surface area (Å²) in [6.07, 6.45) is 0. The summed E-state index contributed by atoms with van der Waals surface area (Å²) in [5, 5.41) is 0. The van der Waals surface area contributed by atoms with Gasteiger partial charge >= 0.3 is 0 Å². The summed E-state index contributed by atoms with van der Waals surface area (Å²) in [6, 6.07) is 37.4. The molecule has 9 nitrogen and oxygen atoms in total. The predicted molar refractivity (Wildman–Crippen MR) is 208 cm³/mol. The molecule has 0 saturated heterocycles. The van der Waals surface area contributed by atoms with Crippen molar-refractivity contribution in [3.05, 3.63) is 109 Å². The first kappa shape index (κ1) is 31.6. The van der Waals surface area contributed by atoms with Crippen molar-refractivity contribution in [1.29, 1.82) is 0 Å². The van der Waals surface area contributed by atoms with Crippen LogP contribution in [0.25, 0.3) is 0 Å². The number of nitrogens with zero attached hydrogens (tertiary/aromatic N) is 3. The van der Waals surface area contributed by atoms with Crippen LogP contribution < -0.4 is 59.5 Å². The van der Waals surface area contributed by atoms with E-state index >= 15 is 0 Å². The number of ether oxygens (including phenoxy) is 6. The molecule has 0 N–H and O–H groups in total. The highest BCUT2D eigenvalue weighted by Crippen LogP contribution is 2.53. The van der Waals surface area contributed by atoms with Crippen molar-refractivity contribution in [1.82, 2.24) is 0 Å². The Bertz CT molecular complexity index is 2010. The standard InChI is InChI=1S/C42H36BN3O6/c1-47-28-13-7-25(8-14-28)44-34-19-31(50-4)21-36-40(34)43-41-35(44)20-32(51-5)22-37(41)46(27-11-17-30(49-3)18-12-27)39-24-33(52-6)23-38(42(39)43)45(36)26-9-15-29(48-2)16-10-26/h7-24H,1-6H3. The molecule has 0 bridgehead atoms. The van der Waals surface area contributed by atoms with Gasteiger partial charge in [-0.2, -0.15) is 0 Å². The van der Waals surface area contributed by atoms with Crippen molar-refractivity contribution in [3.63, 3.8) is 0 Å². The number of benzene rings is 6. The highest BCUT2D eigenvalue weighted by atomic mass is 16.5. The Kier molecular flexibility index (Phi) is 7.36. The van der Waals surface area contributed by atoms with Crippen molar-refractivity contribution in [2.75, 3.05) is 57.4 Å². The molecule has 9 rings (SSSR count). The molecule has 258 valence electrons. The Morgan fingerprint density at radius 2 is 0.519 bits per heavy atom. The lowest BCUT2D eigenvalue weighted by Crippen LogP contribution is -2.64. The zero-order chi connectivity index (χ0) is 35.7. The van der Waals surface area contributed by atoms with Crippen LogP contribution in [0.3, 0.4) is 0 Å². The van der Waals surface area contributed by atoms with Crippen LogP contribution in [-0.2, 0) is 0 Å². The smallest absolute Gasteiger partial charge is 0.257 e. The molecule has 0 aliphatic carbocycles. The zero-order valence-electron chi connectivity index (χ0n) is 29.8. The average Bonchev–Trinajstić information content (AvgIpc) is 3.20. The van der Waals surface area contributed by atoms with Gasteiger partial charge in [0, 0.05) is 87.6 Å². The van der Waals surface area contributed by atoms with Gasteiger partial charge < -0.3 is 43.1 Å². The molecule has 3 heterocycles. The molecule has 0 amide bonds. The lowest BCUT2D eigenvalue weighted by Gasteiger charge is -2.49. The molecule has 0 unspecified atom stereocenters. The molecule has 0 radical (unpaired) electrons. The van der Waals surface area contributed by atoms with Crippen molar-refractivity contribution in [2.45, 2.75) is 0 Å². The first-order valence-electron chi connectivity index (χ1n) is 17.0. The van der Waals surface area contributed by atoms with Crippen LogP contribution in [0.15, 0.2) is 109 Å². The SMILES string of the molecule is COc1ccc(N2c3cc(OC)cc4c3B3c5c2cc(OC)cc5N(c2ccc(OC)cc2)c2cc(OC)cc(c23)N4c2ccc(OC)cc2)cc1. The van der Waals surface area contributed by atoms with Gasteiger partial charge in [-0.05, 0) is 89.2 Å². The van der Waals surface area contributed by atoms with Crippen molar-refractivity contribution in [2.24, 2.45) is 0 Å². The highest BCUT2D eigenvalue weighted by molar-refractivity contribution is 7.02. The summed E-state index contributed by atoms with van der Waals surface area (Å²) in [5.74, 6) is 4.55. The summed E-state index contributed by atoms with van der Waals surface area (Å²) in [5.41, 5.74) is 12.5. The molecule has 0 saturated carbocycles. The summed E-state index contributed by atoms with van der Waals surface area (Å²) < 4.78 is 34.9. The molecular weight excluding hydrogens is 653 g/mol. The van der Waals surface area contributed by atoms with E-state index in [4.69, 9.17) is 28.4 Å². The fraction of sp³-hybridized carbons (Fsp3) is 0.143. The van der Waals surface area contributed by atoms with E-state index in [1.165, 1.54) is 16.4 Å². The van der Waals surface area contributed by atoms with Crippen LogP contribution in [0.2, 0.25) is 0 Å². The Morgan fingerprint density at radius 3 is 0.712 bits per heavy atom. The number of rotatable bonds is 9. The van der Waals surface area contributed by atoms with E-state index in [0.29, 0.717) is 0 Å². The first-order chi connectivity index (χ1) is 25.5. The van der Waals surface area contributed by atoms with Crippen molar-refractivity contribution >= 4 is 74.3 Å². The summed E-state index contributed by atoms with van der Waals surface area (Å²) in [7, 11) is 10.2. The van der Waals surface area contributed by atoms with Gasteiger partial charge in [-0.15, -0.1) is 0 Å². The third kappa shape index (κ3) is 4.56. The van der Waals surface area contributed by atoms with Crippen molar-refractivity contribution < 1.29 is 28.4 Å². The van der Waals surface area contributed by atoms with Crippen LogP contribution in [0, 0.1) is 0 Å². The minimum absolute atomic E-state index is 0.124. The van der Waals surface area contributed by atoms with Gasteiger partial charge in [0.2, 0.25) is 0 Å². The average molecular weight is 690 g/mol. The Labute approximate surface area is 303 Å². The fourth-order valence-corrected chi connectivity index (χ4v) is 8.00. The lowest BCUT2D eigenvalue weighted by molar-refractivity contribution is 0.414. The minimum atomic E-state index is -0.124. The van der Waals surface area contributed by atoms with E-state index in [9.17, 15) is 0 Å². The number of methoxy groups -OCH3 is 6. The van der Waals surface area contributed by atoms with E-state index in [1.807, 2.05) is 36.4 Å². The van der Waals surface area contributed by atoms with Gasteiger partial charge in [0.05, 0.1) is 42.7 Å². The minimum Gasteiger partial charge on any atom is -0.497 e. The van der Waals surface area contributed by atoms with Gasteiger partial charge in [-0.3, -0.25) is 0 Å². The maximum absolute atomic E-state index is 6.06. The zero-order valence-corrected chi connectivity index (χ0v) is 29.8. The third-order valence-corrected chi connectivity index (χ3v) is 10.3. The molecule has 0 fully saturated rings. The van der Waals surface area contributed by atoms with Gasteiger partial charge in [0.1, 0.15) is 34.5 Å². The Balaban J connectivity index is 1.44. The third-order valence-electron chi connectivity index (χ3n) is 10.3. The van der Waals surface area contributed by atoms with E-state index in [1.54, 1.807) is 42.7 Å². The van der Waals surface area contributed by atoms with E-state index < -0.39 is 0 Å². The molecule has 3 aliphatic rings. The summed E-state index contributed by atoms with van der Waals surface area (Å²) in [6.45, 7) is -0.124. The number of anilines is 9. The predicted octanol–water partition coefficient (Wildman–Crippen LogP) is 7.60. The van der Waals surface area contributed by atoms with Gasteiger partial charge in [0.25, 0.3) is 6.71 Å². The van der Waals surface area contributed by atoms with Crippen LogP contribution in [-0.4, -0.2) is 49.4 Å². The van der Waals surface area contributed by atoms with E-state index in [2.05, 4.69) is 87.5 Å². The molecular formula is C42H36BN3O6. The maximum Gasteiger partial charge on any atom is 0.257 e. The fourth-order valence-electron chi connectivity index (χ4n) is 8.00. The molecule has 52 heavy (non-hydrogen) atoms. The number of hydrogen-bond acceptors (Lipinski definition) is 9. The molecule has 10 heteroatoms. The maximum atomic E-state index is 6.06. The second-order valence-electron chi connectivity index (χ2n) is 12.8. The molecule has 0 spiro atoms. The van der Waals surface area contributed by atoms with Crippen LogP contribution >= 0.6 is 0 Å². The second kappa shape index (κ2) is 12.1. The molecule has 6 aromatic rings. The summed E-state index contributed by atoms with van der Waals surface area (Å²) >= 11 is 0. The van der Waals surface area contributed by atoms with E-state index in [-0.39, 0.29) is 6.71 Å². The van der Waals surface area contributed by atoms with Crippen LogP contribution in [0.5, 0.6) is 34.5 Å². The molecule has 0 atom stereocenters. The molecule has 6 aromatic carbocycles. The number of hydrogen-bond donors (Lipinski definition) is 0. The largest absolute Gasteiger partial charge is 0.497 e. The van der Waals surface area contributed by atoms with E-state index in [0.717, 1.165) is 85.7 Å². The molecule has 0 aromatic heterocycles. The van der Waals surface area contributed by atoms with Gasteiger partial charge in [0.15, 0.2) is 0 Å². The lowest BCUT2D eigenvalue weighted by atomic mass is 9.31. The Hall–Kier alpha value is -6.42. The normalized spacial score (nSPS) is 13.0. The van der Waals surface area contributed by atoms with Crippen LogP contribution in [0.1, 0.15) is 0 Å². The first-order valence-corrected chi connectivity index (χ1v) is 17.0. The molecule has 3 aliphatic heterocycles. The quantitative estimate of drug-likeness (QED) is 0.143. The van der Waals surface area contributed by atoms with Gasteiger partial charge in [-0.1, -0.05) is 0 Å². The van der Waals surface area contributed by atoms with Gasteiger partial charge in [-0.25, -0.2) is 0 Å². The summed E-state index contributed by atoms with van der Waals surface area (Å²) in [4.78, 5) is 6.95. The topological polar surface area (TPSA) is 65.1 Å². The Morgan fingerprint density at radius 1 is 0.308 bits per heavy atom. The van der Waals surface area contributed by atoms with Crippen LogP contribution in [0.4, 0.5) is 51.2 Å². The van der Waals surface area contributed by atoms with Crippen molar-refractivity contribution in [3.8, 4) is 34.5 Å².